The van der Waals surface area contributed by atoms with E-state index in [9.17, 15) is 4.79 Å². The normalized spacial score (nSPS) is 13.6. The number of benzene rings is 2. The summed E-state index contributed by atoms with van der Waals surface area (Å²) in [7, 11) is 0. The van der Waals surface area contributed by atoms with Crippen LogP contribution >= 0.6 is 0 Å². The first-order chi connectivity index (χ1) is 12.3. The van der Waals surface area contributed by atoms with Crippen LogP contribution in [0.4, 0.5) is 0 Å². The van der Waals surface area contributed by atoms with Gasteiger partial charge in [0.15, 0.2) is 0 Å². The molecule has 0 saturated carbocycles. The van der Waals surface area contributed by atoms with Crippen molar-refractivity contribution in [3.63, 3.8) is 0 Å². The molecule has 0 spiro atoms. The number of hydrogen-bond acceptors (Lipinski definition) is 2. The Labute approximate surface area is 147 Å². The number of hydrogen-bond donors (Lipinski definition) is 0. The quantitative estimate of drug-likeness (QED) is 0.735. The van der Waals surface area contributed by atoms with Crippen LogP contribution in [0.15, 0.2) is 60.7 Å². The molecular weight excluding hydrogens is 310 g/mol. The maximum atomic E-state index is 12.8. The Morgan fingerprint density at radius 2 is 1.72 bits per heavy atom. The van der Waals surface area contributed by atoms with Crippen LogP contribution in [0, 0.1) is 0 Å². The monoisotopic (exact) mass is 331 g/mol. The molecule has 126 valence electrons. The highest BCUT2D eigenvalue weighted by atomic mass is 16.2. The number of nitrogens with zero attached hydrogens (tertiary/aromatic N) is 3. The van der Waals surface area contributed by atoms with Crippen molar-refractivity contribution in [3.05, 3.63) is 83.2 Å². The van der Waals surface area contributed by atoms with Crippen LogP contribution in [0.1, 0.15) is 34.2 Å². The summed E-state index contributed by atoms with van der Waals surface area (Å²) >= 11 is 0. The molecule has 0 radical (unpaired) electrons. The zero-order valence-electron chi connectivity index (χ0n) is 14.4. The second-order valence-electron chi connectivity index (χ2n) is 6.32. The summed E-state index contributed by atoms with van der Waals surface area (Å²) in [6, 6.07) is 19.7. The minimum absolute atomic E-state index is 0.0979. The van der Waals surface area contributed by atoms with E-state index in [-0.39, 0.29) is 5.91 Å². The summed E-state index contributed by atoms with van der Waals surface area (Å²) in [6.45, 7) is 3.48. The molecule has 1 aromatic heterocycles. The van der Waals surface area contributed by atoms with Gasteiger partial charge in [0.2, 0.25) is 0 Å². The Hall–Kier alpha value is -2.88. The van der Waals surface area contributed by atoms with Crippen molar-refractivity contribution in [1.29, 1.82) is 0 Å². The van der Waals surface area contributed by atoms with E-state index in [1.807, 2.05) is 53.4 Å². The highest BCUT2D eigenvalue weighted by Crippen LogP contribution is 2.26. The van der Waals surface area contributed by atoms with Gasteiger partial charge in [-0.15, -0.1) is 0 Å². The van der Waals surface area contributed by atoms with Crippen LogP contribution < -0.4 is 0 Å². The van der Waals surface area contributed by atoms with Crippen LogP contribution in [-0.2, 0) is 19.4 Å². The predicted octanol–water partition coefficient (Wildman–Crippen LogP) is 3.63. The highest BCUT2D eigenvalue weighted by Gasteiger charge is 2.27. The lowest BCUT2D eigenvalue weighted by atomic mass is 10.0. The number of aromatic nitrogens is 2. The van der Waals surface area contributed by atoms with Crippen molar-refractivity contribution >= 4 is 5.91 Å². The molecule has 1 amide bonds. The van der Waals surface area contributed by atoms with E-state index >= 15 is 0 Å². The summed E-state index contributed by atoms with van der Waals surface area (Å²) in [5.41, 5.74) is 5.37. The Balaban J connectivity index is 1.67. The standard InChI is InChI=1S/C21H21N3O/c1-2-19-18-15-23(21(25)16-9-5-3-6-10-16)14-13-20(18)24(22-19)17-11-7-4-8-12-17/h3-12H,2,13-15H2,1H3. The van der Waals surface area contributed by atoms with Crippen molar-refractivity contribution < 1.29 is 4.79 Å². The van der Waals surface area contributed by atoms with Gasteiger partial charge in [0, 0.05) is 30.6 Å². The van der Waals surface area contributed by atoms with Crippen molar-refractivity contribution in [2.24, 2.45) is 0 Å². The molecule has 0 aliphatic carbocycles. The fourth-order valence-electron chi connectivity index (χ4n) is 3.49. The van der Waals surface area contributed by atoms with Gasteiger partial charge >= 0.3 is 0 Å². The first-order valence-electron chi connectivity index (χ1n) is 8.77. The molecule has 4 heteroatoms. The zero-order chi connectivity index (χ0) is 17.2. The fraction of sp³-hybridized carbons (Fsp3) is 0.238. The summed E-state index contributed by atoms with van der Waals surface area (Å²) in [4.78, 5) is 14.7. The molecule has 0 saturated heterocycles. The molecule has 0 bridgehead atoms. The summed E-state index contributed by atoms with van der Waals surface area (Å²) in [5.74, 6) is 0.0979. The number of para-hydroxylation sites is 1. The lowest BCUT2D eigenvalue weighted by Gasteiger charge is -2.28. The van der Waals surface area contributed by atoms with Gasteiger partial charge in [0.1, 0.15) is 0 Å². The van der Waals surface area contributed by atoms with Gasteiger partial charge in [-0.05, 0) is 30.7 Å². The van der Waals surface area contributed by atoms with Gasteiger partial charge in [0.25, 0.3) is 5.91 Å². The number of rotatable bonds is 3. The minimum atomic E-state index is 0.0979. The number of fused-ring (bicyclic) bond motifs is 1. The summed E-state index contributed by atoms with van der Waals surface area (Å²) in [6.07, 6.45) is 1.70. The topological polar surface area (TPSA) is 38.1 Å². The second kappa shape index (κ2) is 6.55. The average Bonchev–Trinajstić information content (AvgIpc) is 3.07. The largest absolute Gasteiger partial charge is 0.334 e. The van der Waals surface area contributed by atoms with Gasteiger partial charge < -0.3 is 4.90 Å². The average molecular weight is 331 g/mol. The third-order valence-electron chi connectivity index (χ3n) is 4.78. The Morgan fingerprint density at radius 3 is 2.40 bits per heavy atom. The predicted molar refractivity (Wildman–Crippen MR) is 97.8 cm³/mol. The summed E-state index contributed by atoms with van der Waals surface area (Å²) in [5, 5.41) is 4.83. The summed E-state index contributed by atoms with van der Waals surface area (Å²) < 4.78 is 2.05. The van der Waals surface area contributed by atoms with E-state index in [0.717, 1.165) is 36.3 Å². The Kier molecular flexibility index (Phi) is 4.10. The van der Waals surface area contributed by atoms with Gasteiger partial charge in [-0.1, -0.05) is 43.3 Å². The van der Waals surface area contributed by atoms with E-state index in [2.05, 4.69) is 23.7 Å². The molecule has 25 heavy (non-hydrogen) atoms. The van der Waals surface area contributed by atoms with Crippen molar-refractivity contribution in [2.75, 3.05) is 6.54 Å². The molecule has 0 N–H and O–H groups in total. The minimum Gasteiger partial charge on any atom is -0.334 e. The van der Waals surface area contributed by atoms with Crippen molar-refractivity contribution in [3.8, 4) is 5.69 Å². The lowest BCUT2D eigenvalue weighted by molar-refractivity contribution is 0.0733. The van der Waals surface area contributed by atoms with Crippen molar-refractivity contribution in [1.82, 2.24) is 14.7 Å². The van der Waals surface area contributed by atoms with Crippen molar-refractivity contribution in [2.45, 2.75) is 26.3 Å². The SMILES string of the molecule is CCc1nn(-c2ccccc2)c2c1CN(C(=O)c1ccccc1)CC2. The number of amides is 1. The smallest absolute Gasteiger partial charge is 0.254 e. The molecule has 2 heterocycles. The number of aryl methyl sites for hydroxylation is 1. The number of carbonyl (C=O) groups is 1. The molecule has 4 rings (SSSR count). The third-order valence-corrected chi connectivity index (χ3v) is 4.78. The fourth-order valence-corrected chi connectivity index (χ4v) is 3.49. The maximum Gasteiger partial charge on any atom is 0.254 e. The molecule has 2 aromatic carbocycles. The van der Waals surface area contributed by atoms with Gasteiger partial charge in [0.05, 0.1) is 17.1 Å². The van der Waals surface area contributed by atoms with Gasteiger partial charge in [-0.3, -0.25) is 4.79 Å². The van der Waals surface area contributed by atoms with E-state index in [1.165, 1.54) is 11.3 Å². The molecule has 0 fully saturated rings. The van der Waals surface area contributed by atoms with Crippen LogP contribution in [0.2, 0.25) is 0 Å². The molecular formula is C21H21N3O. The van der Waals surface area contributed by atoms with Crippen LogP contribution in [0.5, 0.6) is 0 Å². The van der Waals surface area contributed by atoms with E-state index in [1.54, 1.807) is 0 Å². The third kappa shape index (κ3) is 2.84. The van der Waals surface area contributed by atoms with Gasteiger partial charge in [-0.25, -0.2) is 4.68 Å². The first kappa shape index (κ1) is 15.6. The molecule has 1 aliphatic heterocycles. The molecule has 4 nitrogen and oxygen atoms in total. The molecule has 1 aliphatic rings. The Bertz CT molecular complexity index is 884. The first-order valence-corrected chi connectivity index (χ1v) is 8.77. The van der Waals surface area contributed by atoms with Crippen LogP contribution in [0.25, 0.3) is 5.69 Å². The van der Waals surface area contributed by atoms with E-state index in [0.29, 0.717) is 6.54 Å². The highest BCUT2D eigenvalue weighted by molar-refractivity contribution is 5.94. The second-order valence-corrected chi connectivity index (χ2v) is 6.32. The van der Waals surface area contributed by atoms with Crippen LogP contribution in [0.3, 0.4) is 0 Å². The molecule has 3 aromatic rings. The van der Waals surface area contributed by atoms with E-state index < -0.39 is 0 Å². The number of carbonyl (C=O) groups excluding carboxylic acids is 1. The van der Waals surface area contributed by atoms with Crippen LogP contribution in [-0.4, -0.2) is 27.1 Å². The Morgan fingerprint density at radius 1 is 1.04 bits per heavy atom. The molecule has 0 atom stereocenters. The molecule has 0 unspecified atom stereocenters. The van der Waals surface area contributed by atoms with E-state index in [4.69, 9.17) is 5.10 Å². The maximum absolute atomic E-state index is 12.8. The lowest BCUT2D eigenvalue weighted by Crippen LogP contribution is -2.36. The zero-order valence-corrected chi connectivity index (χ0v) is 14.4. The van der Waals surface area contributed by atoms with Gasteiger partial charge in [-0.2, -0.15) is 5.10 Å².